The highest BCUT2D eigenvalue weighted by Gasteiger charge is 2.30. The highest BCUT2D eigenvalue weighted by atomic mass is 19.4. The molecule has 1 unspecified atom stereocenters. The average Bonchev–Trinajstić information content (AvgIpc) is 2.37. The second-order valence-electron chi connectivity index (χ2n) is 4.20. The van der Waals surface area contributed by atoms with Crippen LogP contribution in [0.25, 0.3) is 0 Å². The zero-order valence-electron chi connectivity index (χ0n) is 11.5. The first-order chi connectivity index (χ1) is 9.35. The van der Waals surface area contributed by atoms with Crippen LogP contribution in [0.15, 0.2) is 24.3 Å². The van der Waals surface area contributed by atoms with Gasteiger partial charge in [0.25, 0.3) is 0 Å². The molecule has 114 valence electrons. The van der Waals surface area contributed by atoms with E-state index in [-0.39, 0.29) is 18.1 Å². The van der Waals surface area contributed by atoms with Crippen molar-refractivity contribution in [3.05, 3.63) is 29.8 Å². The van der Waals surface area contributed by atoms with Crippen molar-refractivity contribution in [1.82, 2.24) is 5.32 Å². The molecule has 0 radical (unpaired) electrons. The van der Waals surface area contributed by atoms with Gasteiger partial charge in [0.05, 0.1) is 6.04 Å². The molecule has 0 amide bonds. The van der Waals surface area contributed by atoms with Gasteiger partial charge in [-0.1, -0.05) is 12.1 Å². The Morgan fingerprint density at radius 2 is 1.65 bits per heavy atom. The van der Waals surface area contributed by atoms with E-state index < -0.39 is 6.36 Å². The van der Waals surface area contributed by atoms with E-state index in [4.69, 9.17) is 9.47 Å². The number of hydrogen-bond donors (Lipinski definition) is 1. The van der Waals surface area contributed by atoms with Crippen LogP contribution in [0.4, 0.5) is 13.2 Å². The Bertz CT molecular complexity index is 391. The summed E-state index contributed by atoms with van der Waals surface area (Å²) >= 11 is 0. The zero-order valence-corrected chi connectivity index (χ0v) is 11.5. The molecule has 0 aromatic heterocycles. The summed E-state index contributed by atoms with van der Waals surface area (Å²) < 4.78 is 50.0. The van der Waals surface area contributed by atoms with Crippen LogP contribution in [-0.4, -0.2) is 32.9 Å². The highest BCUT2D eigenvalue weighted by molar-refractivity contribution is 5.27. The fraction of sp³-hybridized carbons (Fsp3) is 0.538. The topological polar surface area (TPSA) is 39.7 Å². The fourth-order valence-corrected chi connectivity index (χ4v) is 1.69. The molecule has 20 heavy (non-hydrogen) atoms. The van der Waals surface area contributed by atoms with Crippen molar-refractivity contribution >= 4 is 0 Å². The number of alkyl halides is 3. The molecule has 4 nitrogen and oxygen atoms in total. The molecular weight excluding hydrogens is 275 g/mol. The van der Waals surface area contributed by atoms with E-state index in [0.29, 0.717) is 6.54 Å². The lowest BCUT2D eigenvalue weighted by molar-refractivity contribution is -0.274. The van der Waals surface area contributed by atoms with E-state index in [0.717, 1.165) is 5.56 Å². The summed E-state index contributed by atoms with van der Waals surface area (Å²) in [4.78, 5) is 0. The first-order valence-corrected chi connectivity index (χ1v) is 5.99. The minimum Gasteiger partial charge on any atom is -0.406 e. The summed E-state index contributed by atoms with van der Waals surface area (Å²) in [5, 5.41) is 3.16. The molecule has 0 saturated heterocycles. The van der Waals surface area contributed by atoms with Gasteiger partial charge in [0, 0.05) is 20.8 Å². The third kappa shape index (κ3) is 5.77. The summed E-state index contributed by atoms with van der Waals surface area (Å²) in [6, 6.07) is 5.62. The standard InChI is InChI=1S/C13H18F3NO3/c1-9(12(18-2)19-3)17-8-10-4-6-11(7-5-10)20-13(14,15)16/h4-7,9,12,17H,8H2,1-3H3. The lowest BCUT2D eigenvalue weighted by atomic mass is 10.2. The molecule has 0 aliphatic carbocycles. The maximum absolute atomic E-state index is 12.0. The Labute approximate surface area is 115 Å². The van der Waals surface area contributed by atoms with Gasteiger partial charge in [-0.3, -0.25) is 0 Å². The maximum atomic E-state index is 12.0. The van der Waals surface area contributed by atoms with Crippen molar-refractivity contribution in [3.8, 4) is 5.75 Å². The predicted molar refractivity (Wildman–Crippen MR) is 67.2 cm³/mol. The first-order valence-electron chi connectivity index (χ1n) is 5.99. The van der Waals surface area contributed by atoms with Crippen LogP contribution in [0.5, 0.6) is 5.75 Å². The number of rotatable bonds is 7. The molecule has 0 fully saturated rings. The van der Waals surface area contributed by atoms with Crippen molar-refractivity contribution in [2.75, 3.05) is 14.2 Å². The Balaban J connectivity index is 2.49. The van der Waals surface area contributed by atoms with Crippen LogP contribution >= 0.6 is 0 Å². The molecule has 0 heterocycles. The summed E-state index contributed by atoms with van der Waals surface area (Å²) in [5.74, 6) is -0.235. The Morgan fingerprint density at radius 1 is 1.10 bits per heavy atom. The summed E-state index contributed by atoms with van der Waals surface area (Å²) in [5.41, 5.74) is 0.831. The number of methoxy groups -OCH3 is 2. The van der Waals surface area contributed by atoms with Gasteiger partial charge >= 0.3 is 6.36 Å². The van der Waals surface area contributed by atoms with E-state index in [9.17, 15) is 13.2 Å². The van der Waals surface area contributed by atoms with E-state index in [1.165, 1.54) is 26.4 Å². The number of halogens is 3. The molecule has 0 aliphatic heterocycles. The van der Waals surface area contributed by atoms with E-state index in [2.05, 4.69) is 10.1 Å². The lowest BCUT2D eigenvalue weighted by Gasteiger charge is -2.22. The van der Waals surface area contributed by atoms with Gasteiger partial charge in [-0.15, -0.1) is 13.2 Å². The smallest absolute Gasteiger partial charge is 0.406 e. The molecular formula is C13H18F3NO3. The van der Waals surface area contributed by atoms with Crippen LogP contribution in [0.2, 0.25) is 0 Å². The Morgan fingerprint density at radius 3 is 2.10 bits per heavy atom. The van der Waals surface area contributed by atoms with Crippen LogP contribution in [0.3, 0.4) is 0 Å². The van der Waals surface area contributed by atoms with E-state index in [1.807, 2.05) is 6.92 Å². The maximum Gasteiger partial charge on any atom is 0.573 e. The van der Waals surface area contributed by atoms with E-state index in [1.54, 1.807) is 12.1 Å². The molecule has 1 rings (SSSR count). The molecule has 0 saturated carbocycles. The molecule has 0 spiro atoms. The van der Waals surface area contributed by atoms with Gasteiger partial charge in [-0.25, -0.2) is 0 Å². The summed E-state index contributed by atoms with van der Waals surface area (Å²) in [6.45, 7) is 2.37. The largest absolute Gasteiger partial charge is 0.573 e. The van der Waals surface area contributed by atoms with Crippen LogP contribution in [0.1, 0.15) is 12.5 Å². The first kappa shape index (κ1) is 16.7. The third-order valence-corrected chi connectivity index (χ3v) is 2.66. The van der Waals surface area contributed by atoms with Crippen LogP contribution in [-0.2, 0) is 16.0 Å². The molecule has 7 heteroatoms. The molecule has 0 bridgehead atoms. The van der Waals surface area contributed by atoms with Crippen molar-refractivity contribution in [1.29, 1.82) is 0 Å². The van der Waals surface area contributed by atoms with E-state index >= 15 is 0 Å². The quantitative estimate of drug-likeness (QED) is 0.785. The summed E-state index contributed by atoms with van der Waals surface area (Å²) in [6.07, 6.45) is -5.05. The minimum atomic E-state index is -4.67. The van der Waals surface area contributed by atoms with Crippen LogP contribution in [0, 0.1) is 0 Å². The normalized spacial score (nSPS) is 13.6. The molecule has 1 aromatic carbocycles. The fourth-order valence-electron chi connectivity index (χ4n) is 1.69. The molecule has 1 atom stereocenters. The number of hydrogen-bond acceptors (Lipinski definition) is 4. The van der Waals surface area contributed by atoms with Crippen molar-refractivity contribution < 1.29 is 27.4 Å². The van der Waals surface area contributed by atoms with Crippen molar-refractivity contribution in [2.24, 2.45) is 0 Å². The number of nitrogens with one attached hydrogen (secondary N) is 1. The highest BCUT2D eigenvalue weighted by Crippen LogP contribution is 2.22. The minimum absolute atomic E-state index is 0.0592. The monoisotopic (exact) mass is 293 g/mol. The lowest BCUT2D eigenvalue weighted by Crippen LogP contribution is -2.39. The molecule has 0 aliphatic rings. The molecule has 1 aromatic rings. The Kier molecular flexibility index (Phi) is 6.25. The predicted octanol–water partition coefficient (Wildman–Crippen LogP) is 2.68. The van der Waals surface area contributed by atoms with Crippen molar-refractivity contribution in [3.63, 3.8) is 0 Å². The van der Waals surface area contributed by atoms with Gasteiger partial charge in [-0.2, -0.15) is 0 Å². The summed E-state index contributed by atoms with van der Waals surface area (Å²) in [7, 11) is 3.07. The van der Waals surface area contributed by atoms with Gasteiger partial charge in [-0.05, 0) is 24.6 Å². The van der Waals surface area contributed by atoms with Gasteiger partial charge in [0.2, 0.25) is 0 Å². The van der Waals surface area contributed by atoms with Crippen molar-refractivity contribution in [2.45, 2.75) is 32.2 Å². The molecule has 1 N–H and O–H groups in total. The Hall–Kier alpha value is -1.31. The SMILES string of the molecule is COC(OC)C(C)NCc1ccc(OC(F)(F)F)cc1. The average molecular weight is 293 g/mol. The van der Waals surface area contributed by atoms with Crippen LogP contribution < -0.4 is 10.1 Å². The number of benzene rings is 1. The third-order valence-electron chi connectivity index (χ3n) is 2.66. The van der Waals surface area contributed by atoms with Gasteiger partial charge < -0.3 is 19.5 Å². The zero-order chi connectivity index (χ0) is 15.2. The second-order valence-corrected chi connectivity index (χ2v) is 4.20. The van der Waals surface area contributed by atoms with Gasteiger partial charge in [0.1, 0.15) is 5.75 Å². The number of ether oxygens (including phenoxy) is 3. The van der Waals surface area contributed by atoms with Gasteiger partial charge in [0.15, 0.2) is 6.29 Å². The second kappa shape index (κ2) is 7.47.